The van der Waals surface area contributed by atoms with Crippen LogP contribution in [0.2, 0.25) is 0 Å². The molecule has 0 bridgehead atoms. The maximum Gasteiger partial charge on any atom is 0.242 e. The van der Waals surface area contributed by atoms with Gasteiger partial charge in [0, 0.05) is 23.2 Å². The number of amides is 2. The normalized spacial score (nSPS) is 11.5. The maximum atomic E-state index is 13.1. The Morgan fingerprint density at radius 2 is 1.46 bits per heavy atom. The van der Waals surface area contributed by atoms with Crippen molar-refractivity contribution >= 4 is 35.0 Å². The Balaban J connectivity index is 1.82. The molecule has 2 amide bonds. The molecule has 0 radical (unpaired) electrons. The van der Waals surface area contributed by atoms with E-state index in [-0.39, 0.29) is 11.8 Å². The van der Waals surface area contributed by atoms with Gasteiger partial charge in [0.05, 0.1) is 0 Å². The van der Waals surface area contributed by atoms with Gasteiger partial charge in [-0.05, 0) is 48.4 Å². The largest absolute Gasteiger partial charge is 0.326 e. The number of para-hydroxylation sites is 1. The lowest BCUT2D eigenvalue weighted by Crippen LogP contribution is -2.19. The Labute approximate surface area is 169 Å². The van der Waals surface area contributed by atoms with Gasteiger partial charge in [0.15, 0.2) is 0 Å². The van der Waals surface area contributed by atoms with Gasteiger partial charge in [-0.1, -0.05) is 48.5 Å². The Morgan fingerprint density at radius 1 is 0.821 bits per heavy atom. The van der Waals surface area contributed by atoms with Gasteiger partial charge >= 0.3 is 0 Å². The van der Waals surface area contributed by atoms with Crippen molar-refractivity contribution in [3.63, 3.8) is 0 Å². The second kappa shape index (κ2) is 9.24. The molecule has 0 saturated heterocycles. The van der Waals surface area contributed by atoms with E-state index in [1.807, 2.05) is 85.8 Å². The quantitative estimate of drug-likeness (QED) is 0.552. The predicted molar refractivity (Wildman–Crippen MR) is 116 cm³/mol. The van der Waals surface area contributed by atoms with E-state index in [9.17, 15) is 9.59 Å². The molecule has 3 rings (SSSR count). The van der Waals surface area contributed by atoms with Crippen LogP contribution in [0.3, 0.4) is 0 Å². The summed E-state index contributed by atoms with van der Waals surface area (Å²) in [5.41, 5.74) is 3.50. The third kappa shape index (κ3) is 5.24. The molecule has 5 heteroatoms. The van der Waals surface area contributed by atoms with E-state index in [1.54, 1.807) is 0 Å². The van der Waals surface area contributed by atoms with Crippen LogP contribution in [0.5, 0.6) is 0 Å². The number of carbonyl (C=O) groups is 2. The molecule has 0 aliphatic heterocycles. The number of benzene rings is 3. The fourth-order valence-electron chi connectivity index (χ4n) is 2.77. The molecule has 0 heterocycles. The fraction of sp³-hybridized carbons (Fsp3) is 0.130. The van der Waals surface area contributed by atoms with Crippen LogP contribution in [0.1, 0.15) is 23.3 Å². The third-order valence-electron chi connectivity index (χ3n) is 4.17. The first-order chi connectivity index (χ1) is 13.5. The van der Waals surface area contributed by atoms with Crippen LogP contribution in [0, 0.1) is 6.92 Å². The summed E-state index contributed by atoms with van der Waals surface area (Å²) in [4.78, 5) is 25.2. The van der Waals surface area contributed by atoms with Crippen LogP contribution >= 0.6 is 11.8 Å². The summed E-state index contributed by atoms with van der Waals surface area (Å²) < 4.78 is 0. The Kier molecular flexibility index (Phi) is 6.50. The molecule has 0 aromatic heterocycles. The van der Waals surface area contributed by atoms with Gasteiger partial charge in [0.2, 0.25) is 11.8 Å². The lowest BCUT2D eigenvalue weighted by molar-refractivity contribution is -0.116. The van der Waals surface area contributed by atoms with Gasteiger partial charge in [-0.2, -0.15) is 0 Å². The average molecular weight is 391 g/mol. The minimum Gasteiger partial charge on any atom is -0.326 e. The van der Waals surface area contributed by atoms with Crippen molar-refractivity contribution in [1.29, 1.82) is 0 Å². The van der Waals surface area contributed by atoms with Crippen LogP contribution in [0.4, 0.5) is 11.4 Å². The van der Waals surface area contributed by atoms with Gasteiger partial charge in [-0.3, -0.25) is 9.59 Å². The summed E-state index contributed by atoms with van der Waals surface area (Å²) in [6.07, 6.45) is 0. The number of hydrogen-bond donors (Lipinski definition) is 2. The van der Waals surface area contributed by atoms with Gasteiger partial charge in [-0.25, -0.2) is 0 Å². The standard InChI is InChI=1S/C23H22N2O2S/c1-16-8-6-7-11-21(16)25-23(27)22(18-9-4-3-5-10-18)28-20-14-12-19(13-15-20)24-17(2)26/h3-15,22H,1-2H3,(H,24,26)(H,25,27). The van der Waals surface area contributed by atoms with Crippen LogP contribution in [-0.4, -0.2) is 11.8 Å². The zero-order chi connectivity index (χ0) is 19.9. The van der Waals surface area contributed by atoms with E-state index in [4.69, 9.17) is 0 Å². The Morgan fingerprint density at radius 3 is 2.11 bits per heavy atom. The first-order valence-corrected chi connectivity index (χ1v) is 9.86. The monoisotopic (exact) mass is 390 g/mol. The molecule has 3 aromatic carbocycles. The van der Waals surface area contributed by atoms with Crippen LogP contribution in [0.15, 0.2) is 83.8 Å². The van der Waals surface area contributed by atoms with E-state index >= 15 is 0 Å². The van der Waals surface area contributed by atoms with Gasteiger partial charge in [-0.15, -0.1) is 11.8 Å². The Hall–Kier alpha value is -3.05. The molecule has 28 heavy (non-hydrogen) atoms. The molecule has 1 atom stereocenters. The molecule has 1 unspecified atom stereocenters. The molecular formula is C23H22N2O2S. The highest BCUT2D eigenvalue weighted by Crippen LogP contribution is 2.36. The minimum atomic E-state index is -0.396. The number of aryl methyl sites for hydroxylation is 1. The van der Waals surface area contributed by atoms with Crippen molar-refractivity contribution in [2.24, 2.45) is 0 Å². The molecule has 0 saturated carbocycles. The molecule has 0 aliphatic rings. The second-order valence-electron chi connectivity index (χ2n) is 6.42. The zero-order valence-corrected chi connectivity index (χ0v) is 16.6. The lowest BCUT2D eigenvalue weighted by Gasteiger charge is -2.18. The number of nitrogens with one attached hydrogen (secondary N) is 2. The van der Waals surface area contributed by atoms with Crippen LogP contribution < -0.4 is 10.6 Å². The summed E-state index contributed by atoms with van der Waals surface area (Å²) in [6, 6.07) is 25.0. The van der Waals surface area contributed by atoms with Gasteiger partial charge in [0.25, 0.3) is 0 Å². The SMILES string of the molecule is CC(=O)Nc1ccc(SC(C(=O)Nc2ccccc2C)c2ccccc2)cc1. The highest BCUT2D eigenvalue weighted by Gasteiger charge is 2.22. The highest BCUT2D eigenvalue weighted by atomic mass is 32.2. The third-order valence-corrected chi connectivity index (χ3v) is 5.44. The first kappa shape index (κ1) is 19.7. The minimum absolute atomic E-state index is 0.0727. The van der Waals surface area contributed by atoms with Gasteiger partial charge in [0.1, 0.15) is 5.25 Å². The molecule has 0 aliphatic carbocycles. The van der Waals surface area contributed by atoms with E-state index in [2.05, 4.69) is 10.6 Å². The summed E-state index contributed by atoms with van der Waals surface area (Å²) in [5.74, 6) is -0.184. The molecule has 0 spiro atoms. The first-order valence-electron chi connectivity index (χ1n) is 8.98. The fourth-order valence-corrected chi connectivity index (χ4v) is 3.79. The topological polar surface area (TPSA) is 58.2 Å². The summed E-state index contributed by atoms with van der Waals surface area (Å²) in [6.45, 7) is 3.45. The van der Waals surface area contributed by atoms with Crippen molar-refractivity contribution < 1.29 is 9.59 Å². The van der Waals surface area contributed by atoms with Gasteiger partial charge < -0.3 is 10.6 Å². The lowest BCUT2D eigenvalue weighted by atomic mass is 10.1. The number of carbonyl (C=O) groups excluding carboxylic acids is 2. The number of anilines is 2. The highest BCUT2D eigenvalue weighted by molar-refractivity contribution is 8.00. The molecular weight excluding hydrogens is 368 g/mol. The Bertz CT molecular complexity index is 956. The summed E-state index contributed by atoms with van der Waals surface area (Å²) in [7, 11) is 0. The van der Waals surface area contributed by atoms with Crippen LogP contribution in [0.25, 0.3) is 0 Å². The molecule has 4 nitrogen and oxygen atoms in total. The number of thioether (sulfide) groups is 1. The summed E-state index contributed by atoms with van der Waals surface area (Å²) in [5, 5.41) is 5.41. The number of rotatable bonds is 6. The maximum absolute atomic E-state index is 13.1. The molecule has 3 aromatic rings. The van der Waals surface area contributed by atoms with E-state index < -0.39 is 5.25 Å². The van der Waals surface area contributed by atoms with E-state index in [0.717, 1.165) is 27.4 Å². The second-order valence-corrected chi connectivity index (χ2v) is 7.60. The zero-order valence-electron chi connectivity index (χ0n) is 15.8. The molecule has 142 valence electrons. The van der Waals surface area contributed by atoms with Crippen molar-refractivity contribution in [1.82, 2.24) is 0 Å². The van der Waals surface area contributed by atoms with Crippen LogP contribution in [-0.2, 0) is 9.59 Å². The molecule has 0 fully saturated rings. The van der Waals surface area contributed by atoms with Crippen molar-refractivity contribution in [3.05, 3.63) is 90.0 Å². The average Bonchev–Trinajstić information content (AvgIpc) is 2.69. The van der Waals surface area contributed by atoms with Crippen molar-refractivity contribution in [2.45, 2.75) is 24.0 Å². The van der Waals surface area contributed by atoms with Crippen molar-refractivity contribution in [2.75, 3.05) is 10.6 Å². The van der Waals surface area contributed by atoms with E-state index in [1.165, 1.54) is 18.7 Å². The van der Waals surface area contributed by atoms with Crippen molar-refractivity contribution in [3.8, 4) is 0 Å². The summed E-state index contributed by atoms with van der Waals surface area (Å²) >= 11 is 1.48. The molecule has 2 N–H and O–H groups in total. The van der Waals surface area contributed by atoms with E-state index in [0.29, 0.717) is 0 Å². The predicted octanol–water partition coefficient (Wildman–Crippen LogP) is 5.43. The number of hydrogen-bond acceptors (Lipinski definition) is 3. The smallest absolute Gasteiger partial charge is 0.242 e.